The van der Waals surface area contributed by atoms with Gasteiger partial charge in [0.1, 0.15) is 18.0 Å². The molecule has 28 heavy (non-hydrogen) atoms. The van der Waals surface area contributed by atoms with E-state index < -0.39 is 0 Å². The zero-order chi connectivity index (χ0) is 19.7. The number of nitrogens with one attached hydrogen (secondary N) is 1. The zero-order valence-corrected chi connectivity index (χ0v) is 16.4. The van der Waals surface area contributed by atoms with Gasteiger partial charge in [0, 0.05) is 44.5 Å². The molecule has 4 heterocycles. The Bertz CT molecular complexity index is 997. The van der Waals surface area contributed by atoms with E-state index in [1.165, 1.54) is 0 Å². The fourth-order valence-electron chi connectivity index (χ4n) is 3.59. The smallest absolute Gasteiger partial charge is 0.222 e. The molecule has 1 aliphatic rings. The summed E-state index contributed by atoms with van der Waals surface area (Å²) in [5, 5.41) is 3.47. The number of anilines is 1. The van der Waals surface area contributed by atoms with Crippen LogP contribution in [-0.2, 0) is 11.3 Å². The molecule has 0 aliphatic carbocycles. The highest BCUT2D eigenvalue weighted by Crippen LogP contribution is 2.27. The minimum absolute atomic E-state index is 0.159. The number of aryl methyl sites for hydroxylation is 2. The third kappa shape index (κ3) is 3.28. The number of nitrogens with zero attached hydrogens (tertiary/aromatic N) is 7. The summed E-state index contributed by atoms with van der Waals surface area (Å²) in [6, 6.07) is 0.159. The second-order valence-corrected chi connectivity index (χ2v) is 6.92. The van der Waals surface area contributed by atoms with E-state index in [0.717, 1.165) is 47.9 Å². The highest BCUT2D eigenvalue weighted by molar-refractivity contribution is 5.86. The topological polar surface area (TPSA) is 102 Å². The maximum Gasteiger partial charge on any atom is 0.222 e. The maximum absolute atomic E-state index is 11.9. The van der Waals surface area contributed by atoms with Gasteiger partial charge in [-0.25, -0.2) is 24.9 Å². The van der Waals surface area contributed by atoms with Crippen LogP contribution in [0.1, 0.15) is 32.5 Å². The van der Waals surface area contributed by atoms with Gasteiger partial charge in [-0.1, -0.05) is 6.92 Å². The van der Waals surface area contributed by atoms with Crippen LogP contribution in [0.4, 0.5) is 5.82 Å². The standard InChI is InChI=1S/C19H24N8O/c1-4-15(28)26-7-6-14(10-26)24-17-16-19(23-11-22-17)27(5-2)18(25-16)13-8-20-12(3)21-9-13/h8-9,11,14H,4-7,10H2,1-3H3,(H,22,23,24)/t14-/m0/s1. The molecular weight excluding hydrogens is 356 g/mol. The molecule has 0 spiro atoms. The molecule has 1 atom stereocenters. The van der Waals surface area contributed by atoms with Crippen LogP contribution in [0, 0.1) is 6.92 Å². The summed E-state index contributed by atoms with van der Waals surface area (Å²) in [5.74, 6) is 2.38. The number of aromatic nitrogens is 6. The SMILES string of the molecule is CCC(=O)N1CC[C@H](Nc2ncnc3c2nc(-c2cnc(C)nc2)n3CC)C1. The molecular formula is C19H24N8O. The van der Waals surface area contributed by atoms with Crippen molar-refractivity contribution in [3.8, 4) is 11.4 Å². The number of hydrogen-bond donors (Lipinski definition) is 1. The second kappa shape index (κ2) is 7.49. The molecule has 1 fully saturated rings. The van der Waals surface area contributed by atoms with Crippen LogP contribution in [-0.4, -0.2) is 59.4 Å². The Kier molecular flexibility index (Phi) is 4.89. The average molecular weight is 380 g/mol. The molecule has 0 saturated carbocycles. The van der Waals surface area contributed by atoms with Gasteiger partial charge in [0.05, 0.1) is 5.56 Å². The van der Waals surface area contributed by atoms with E-state index in [0.29, 0.717) is 18.8 Å². The van der Waals surface area contributed by atoms with Crippen molar-refractivity contribution in [2.45, 2.75) is 46.2 Å². The van der Waals surface area contributed by atoms with E-state index in [2.05, 4.69) is 32.2 Å². The number of carbonyl (C=O) groups excluding carboxylic acids is 1. The van der Waals surface area contributed by atoms with Crippen molar-refractivity contribution < 1.29 is 4.79 Å². The molecule has 0 bridgehead atoms. The van der Waals surface area contributed by atoms with Crippen LogP contribution in [0.5, 0.6) is 0 Å². The van der Waals surface area contributed by atoms with Crippen LogP contribution in [0.15, 0.2) is 18.7 Å². The fraction of sp³-hybridized carbons (Fsp3) is 0.474. The number of rotatable bonds is 5. The number of likely N-dealkylation sites (tertiary alicyclic amines) is 1. The quantitative estimate of drug-likeness (QED) is 0.722. The molecule has 3 aromatic heterocycles. The second-order valence-electron chi connectivity index (χ2n) is 6.92. The minimum Gasteiger partial charge on any atom is -0.364 e. The largest absolute Gasteiger partial charge is 0.364 e. The first-order chi connectivity index (χ1) is 13.6. The molecule has 1 saturated heterocycles. The number of hydrogen-bond acceptors (Lipinski definition) is 7. The summed E-state index contributed by atoms with van der Waals surface area (Å²) in [6.45, 7) is 7.98. The van der Waals surface area contributed by atoms with Crippen LogP contribution >= 0.6 is 0 Å². The van der Waals surface area contributed by atoms with Gasteiger partial charge in [0.15, 0.2) is 17.0 Å². The molecule has 0 unspecified atom stereocenters. The van der Waals surface area contributed by atoms with Crippen LogP contribution in [0.25, 0.3) is 22.6 Å². The zero-order valence-electron chi connectivity index (χ0n) is 16.4. The summed E-state index contributed by atoms with van der Waals surface area (Å²) >= 11 is 0. The first-order valence-electron chi connectivity index (χ1n) is 9.65. The van der Waals surface area contributed by atoms with Crippen molar-refractivity contribution in [2.75, 3.05) is 18.4 Å². The highest BCUT2D eigenvalue weighted by atomic mass is 16.2. The minimum atomic E-state index is 0.159. The lowest BCUT2D eigenvalue weighted by Crippen LogP contribution is -2.31. The molecule has 1 amide bonds. The van der Waals surface area contributed by atoms with Gasteiger partial charge in [0.2, 0.25) is 5.91 Å². The summed E-state index contributed by atoms with van der Waals surface area (Å²) < 4.78 is 2.04. The van der Waals surface area contributed by atoms with Crippen molar-refractivity contribution in [1.29, 1.82) is 0 Å². The third-order valence-corrected chi connectivity index (χ3v) is 5.07. The van der Waals surface area contributed by atoms with Crippen LogP contribution in [0.2, 0.25) is 0 Å². The molecule has 0 aromatic carbocycles. The van der Waals surface area contributed by atoms with Gasteiger partial charge in [-0.2, -0.15) is 0 Å². The number of carbonyl (C=O) groups is 1. The van der Waals surface area contributed by atoms with E-state index >= 15 is 0 Å². The molecule has 4 rings (SSSR count). The first-order valence-corrected chi connectivity index (χ1v) is 9.65. The van der Waals surface area contributed by atoms with Gasteiger partial charge in [-0.3, -0.25) is 4.79 Å². The molecule has 1 aliphatic heterocycles. The molecule has 146 valence electrons. The van der Waals surface area contributed by atoms with Crippen molar-refractivity contribution in [3.63, 3.8) is 0 Å². The fourth-order valence-corrected chi connectivity index (χ4v) is 3.59. The van der Waals surface area contributed by atoms with E-state index in [1.54, 1.807) is 18.7 Å². The Balaban J connectivity index is 1.67. The summed E-state index contributed by atoms with van der Waals surface area (Å²) in [7, 11) is 0. The Morgan fingerprint density at radius 3 is 2.71 bits per heavy atom. The van der Waals surface area contributed by atoms with Gasteiger partial charge in [-0.15, -0.1) is 0 Å². The molecule has 3 aromatic rings. The van der Waals surface area contributed by atoms with Crippen molar-refractivity contribution in [3.05, 3.63) is 24.5 Å². The Morgan fingerprint density at radius 1 is 1.21 bits per heavy atom. The predicted octanol–water partition coefficient (Wildman–Crippen LogP) is 2.03. The monoisotopic (exact) mass is 380 g/mol. The number of imidazole rings is 1. The first kappa shape index (κ1) is 18.3. The predicted molar refractivity (Wildman–Crippen MR) is 106 cm³/mol. The third-order valence-electron chi connectivity index (χ3n) is 5.07. The van der Waals surface area contributed by atoms with Crippen molar-refractivity contribution in [2.24, 2.45) is 0 Å². The maximum atomic E-state index is 11.9. The number of fused-ring (bicyclic) bond motifs is 1. The average Bonchev–Trinajstić information content (AvgIpc) is 3.33. The van der Waals surface area contributed by atoms with Gasteiger partial charge < -0.3 is 14.8 Å². The van der Waals surface area contributed by atoms with E-state index in [1.807, 2.05) is 23.3 Å². The summed E-state index contributed by atoms with van der Waals surface area (Å²) in [4.78, 5) is 36.1. The van der Waals surface area contributed by atoms with Crippen molar-refractivity contribution >= 4 is 22.9 Å². The van der Waals surface area contributed by atoms with Crippen LogP contribution in [0.3, 0.4) is 0 Å². The molecule has 1 N–H and O–H groups in total. The van der Waals surface area contributed by atoms with Crippen molar-refractivity contribution in [1.82, 2.24) is 34.4 Å². The molecule has 9 nitrogen and oxygen atoms in total. The molecule has 9 heteroatoms. The molecule has 0 radical (unpaired) electrons. The highest BCUT2D eigenvalue weighted by Gasteiger charge is 2.26. The number of amides is 1. The lowest BCUT2D eigenvalue weighted by Gasteiger charge is -2.16. The van der Waals surface area contributed by atoms with Gasteiger partial charge >= 0.3 is 0 Å². The lowest BCUT2D eigenvalue weighted by molar-refractivity contribution is -0.129. The van der Waals surface area contributed by atoms with E-state index in [9.17, 15) is 4.79 Å². The van der Waals surface area contributed by atoms with Gasteiger partial charge in [-0.05, 0) is 20.3 Å². The Hall–Kier alpha value is -3.10. The normalized spacial score (nSPS) is 16.7. The Labute approximate surface area is 163 Å². The van der Waals surface area contributed by atoms with E-state index in [-0.39, 0.29) is 11.9 Å². The van der Waals surface area contributed by atoms with E-state index in [4.69, 9.17) is 4.98 Å². The lowest BCUT2D eigenvalue weighted by atomic mass is 10.2. The van der Waals surface area contributed by atoms with Crippen LogP contribution < -0.4 is 5.32 Å². The summed E-state index contributed by atoms with van der Waals surface area (Å²) in [6.07, 6.45) is 6.54. The van der Waals surface area contributed by atoms with Gasteiger partial charge in [0.25, 0.3) is 0 Å². The summed E-state index contributed by atoms with van der Waals surface area (Å²) in [5.41, 5.74) is 2.34. The Morgan fingerprint density at radius 2 is 2.00 bits per heavy atom.